The molecule has 2 aromatic carbocycles. The Hall–Kier alpha value is -3.31. The second-order valence-corrected chi connectivity index (χ2v) is 11.8. The number of halogens is 5. The lowest BCUT2D eigenvalue weighted by Crippen LogP contribution is -2.46. The van der Waals surface area contributed by atoms with Crippen LogP contribution in [0.4, 0.5) is 39.0 Å². The molecular formula is C31H35F5N4O3S. The van der Waals surface area contributed by atoms with Crippen LogP contribution in [0.25, 0.3) is 10.1 Å². The van der Waals surface area contributed by atoms with Crippen molar-refractivity contribution in [2.75, 3.05) is 81.7 Å². The molecule has 0 amide bonds. The second kappa shape index (κ2) is 14.2. The van der Waals surface area contributed by atoms with E-state index >= 15 is 4.39 Å². The number of piperidine rings is 1. The first kappa shape index (κ1) is 32.1. The molecule has 0 saturated carbocycles. The average molecular weight is 639 g/mol. The molecule has 5 rings (SSSR count). The van der Waals surface area contributed by atoms with Crippen LogP contribution in [-0.2, 0) is 11.2 Å². The zero-order chi connectivity index (χ0) is 31.3. The number of hydrogen-bond acceptors (Lipinski definition) is 8. The van der Waals surface area contributed by atoms with Crippen LogP contribution in [0.15, 0.2) is 30.3 Å². The highest BCUT2D eigenvalue weighted by atomic mass is 32.1. The Morgan fingerprint density at radius 1 is 1.16 bits per heavy atom. The standard InChI is InChI=1S/C31H35F5N4O3S/c1-39-9-7-24(23(33)19-39)38-25-5-2-4-20-21(18-31(34,35)36)29(44-30(20)25)6-3-8-37-26-16-22(32)27(17-28(26)43-15-12-41)40-10-13-42-14-11-40/h2,4-5,16-17,23-24,37-38,41H,7-15,18-19H2,1H3. The molecule has 3 heterocycles. The number of alkyl halides is 4. The molecule has 0 spiro atoms. The highest BCUT2D eigenvalue weighted by Crippen LogP contribution is 2.40. The molecule has 0 radical (unpaired) electrons. The number of anilines is 3. The topological polar surface area (TPSA) is 69.2 Å². The minimum absolute atomic E-state index is 0.00421. The first-order chi connectivity index (χ1) is 21.1. The summed E-state index contributed by atoms with van der Waals surface area (Å²) in [5.74, 6) is 5.60. The number of hydrogen-bond donors (Lipinski definition) is 3. The van der Waals surface area contributed by atoms with Gasteiger partial charge in [0.2, 0.25) is 0 Å². The number of aliphatic hydroxyl groups is 1. The lowest BCUT2D eigenvalue weighted by Gasteiger charge is -2.33. The van der Waals surface area contributed by atoms with Crippen LogP contribution in [-0.4, -0.2) is 94.6 Å². The van der Waals surface area contributed by atoms with Crippen molar-refractivity contribution in [3.05, 3.63) is 46.6 Å². The number of morpholine rings is 1. The third-order valence-corrected chi connectivity index (χ3v) is 8.80. The number of nitrogens with one attached hydrogen (secondary N) is 2. The van der Waals surface area contributed by atoms with Gasteiger partial charge in [0.1, 0.15) is 24.3 Å². The van der Waals surface area contributed by atoms with Gasteiger partial charge in [0.05, 0.1) is 65.5 Å². The van der Waals surface area contributed by atoms with Crippen LogP contribution in [0.2, 0.25) is 0 Å². The van der Waals surface area contributed by atoms with Crippen molar-refractivity contribution in [3.8, 4) is 17.6 Å². The molecule has 2 aliphatic heterocycles. The predicted molar refractivity (Wildman–Crippen MR) is 163 cm³/mol. The summed E-state index contributed by atoms with van der Waals surface area (Å²) in [5.41, 5.74) is 1.31. The second-order valence-electron chi connectivity index (χ2n) is 10.8. The van der Waals surface area contributed by atoms with Crippen LogP contribution >= 0.6 is 11.3 Å². The summed E-state index contributed by atoms with van der Waals surface area (Å²) < 4.78 is 82.4. The Labute approximate surface area is 256 Å². The molecule has 2 fully saturated rings. The van der Waals surface area contributed by atoms with Gasteiger partial charge in [0.25, 0.3) is 0 Å². The number of aliphatic hydroxyl groups excluding tert-OH is 1. The zero-order valence-electron chi connectivity index (χ0n) is 24.3. The normalized spacial score (nSPS) is 19.5. The summed E-state index contributed by atoms with van der Waals surface area (Å²) in [6.45, 7) is 2.75. The average Bonchev–Trinajstić information content (AvgIpc) is 3.33. The Morgan fingerprint density at radius 3 is 2.68 bits per heavy atom. The van der Waals surface area contributed by atoms with E-state index in [4.69, 9.17) is 9.47 Å². The Bertz CT molecular complexity index is 1500. The summed E-state index contributed by atoms with van der Waals surface area (Å²) in [5, 5.41) is 15.9. The molecule has 238 valence electrons. The van der Waals surface area contributed by atoms with Gasteiger partial charge in [-0.25, -0.2) is 8.78 Å². The monoisotopic (exact) mass is 638 g/mol. The molecule has 2 unspecified atom stereocenters. The van der Waals surface area contributed by atoms with Crippen molar-refractivity contribution in [1.82, 2.24) is 4.90 Å². The summed E-state index contributed by atoms with van der Waals surface area (Å²) in [7, 11) is 1.85. The van der Waals surface area contributed by atoms with E-state index in [1.807, 2.05) is 16.8 Å². The number of ether oxygens (including phenoxy) is 2. The largest absolute Gasteiger partial charge is 0.489 e. The van der Waals surface area contributed by atoms with Gasteiger partial charge in [-0.05, 0) is 30.5 Å². The first-order valence-corrected chi connectivity index (χ1v) is 15.3. The van der Waals surface area contributed by atoms with E-state index in [0.29, 0.717) is 72.2 Å². The van der Waals surface area contributed by atoms with Gasteiger partial charge < -0.3 is 35.0 Å². The van der Waals surface area contributed by atoms with Gasteiger partial charge in [0, 0.05) is 38.3 Å². The lowest BCUT2D eigenvalue weighted by molar-refractivity contribution is -0.126. The SMILES string of the molecule is CN1CCC(Nc2cccc3c(CC(F)(F)F)c(C#CCNc4cc(F)c(N5CCOCC5)cc4OCCO)sc23)C(F)C1. The quantitative estimate of drug-likeness (QED) is 0.218. The highest BCUT2D eigenvalue weighted by molar-refractivity contribution is 7.20. The summed E-state index contributed by atoms with van der Waals surface area (Å²) in [6, 6.07) is 7.45. The van der Waals surface area contributed by atoms with Gasteiger partial charge in [0.15, 0.2) is 0 Å². The zero-order valence-corrected chi connectivity index (χ0v) is 25.1. The van der Waals surface area contributed by atoms with E-state index in [-0.39, 0.29) is 36.7 Å². The minimum atomic E-state index is -4.46. The van der Waals surface area contributed by atoms with Crippen LogP contribution in [0.5, 0.6) is 5.75 Å². The summed E-state index contributed by atoms with van der Waals surface area (Å²) >= 11 is 1.14. The smallest absolute Gasteiger partial charge is 0.393 e. The molecule has 44 heavy (non-hydrogen) atoms. The predicted octanol–water partition coefficient (Wildman–Crippen LogP) is 5.27. The third-order valence-electron chi connectivity index (χ3n) is 7.60. The van der Waals surface area contributed by atoms with Crippen molar-refractivity contribution >= 4 is 38.5 Å². The van der Waals surface area contributed by atoms with Crippen molar-refractivity contribution < 1.29 is 36.5 Å². The molecule has 7 nitrogen and oxygen atoms in total. The number of likely N-dealkylation sites (tertiary alicyclic amines) is 1. The van der Waals surface area contributed by atoms with E-state index in [2.05, 4.69) is 22.5 Å². The molecule has 3 aromatic rings. The van der Waals surface area contributed by atoms with E-state index in [1.165, 1.54) is 6.07 Å². The fourth-order valence-corrected chi connectivity index (χ4v) is 6.62. The van der Waals surface area contributed by atoms with Gasteiger partial charge in [-0.1, -0.05) is 24.0 Å². The molecular weight excluding hydrogens is 603 g/mol. The minimum Gasteiger partial charge on any atom is -0.489 e. The highest BCUT2D eigenvalue weighted by Gasteiger charge is 2.32. The fraction of sp³-hybridized carbons (Fsp3) is 0.484. The summed E-state index contributed by atoms with van der Waals surface area (Å²) in [4.78, 5) is 4.02. The first-order valence-electron chi connectivity index (χ1n) is 14.5. The molecule has 3 N–H and O–H groups in total. The maximum Gasteiger partial charge on any atom is 0.393 e. The Morgan fingerprint density at radius 2 is 1.95 bits per heavy atom. The third kappa shape index (κ3) is 7.85. The molecule has 2 aliphatic rings. The molecule has 2 atom stereocenters. The molecule has 0 aliphatic carbocycles. The molecule has 13 heteroatoms. The number of nitrogens with zero attached hydrogens (tertiary/aromatic N) is 2. The van der Waals surface area contributed by atoms with Crippen LogP contribution in [0.1, 0.15) is 16.9 Å². The van der Waals surface area contributed by atoms with E-state index in [9.17, 15) is 22.7 Å². The van der Waals surface area contributed by atoms with E-state index in [1.54, 1.807) is 24.3 Å². The van der Waals surface area contributed by atoms with Crippen LogP contribution < -0.4 is 20.3 Å². The number of benzene rings is 2. The van der Waals surface area contributed by atoms with Gasteiger partial charge in [-0.15, -0.1) is 11.3 Å². The maximum atomic E-state index is 15.1. The molecule has 1 aromatic heterocycles. The number of thiophene rings is 1. The van der Waals surface area contributed by atoms with Crippen molar-refractivity contribution in [1.29, 1.82) is 0 Å². The van der Waals surface area contributed by atoms with Gasteiger partial charge in [-0.2, -0.15) is 13.2 Å². The maximum absolute atomic E-state index is 15.1. The van der Waals surface area contributed by atoms with E-state index < -0.39 is 30.6 Å². The van der Waals surface area contributed by atoms with Gasteiger partial charge >= 0.3 is 6.18 Å². The lowest BCUT2D eigenvalue weighted by atomic mass is 10.0. The van der Waals surface area contributed by atoms with Crippen LogP contribution in [0.3, 0.4) is 0 Å². The van der Waals surface area contributed by atoms with Crippen molar-refractivity contribution in [3.63, 3.8) is 0 Å². The van der Waals surface area contributed by atoms with Gasteiger partial charge in [-0.3, -0.25) is 0 Å². The fourth-order valence-electron chi connectivity index (χ4n) is 5.45. The Kier molecular flexibility index (Phi) is 10.4. The van der Waals surface area contributed by atoms with Crippen molar-refractivity contribution in [2.45, 2.75) is 31.2 Å². The summed E-state index contributed by atoms with van der Waals surface area (Å²) in [6.07, 6.45) is -6.14. The van der Waals surface area contributed by atoms with E-state index in [0.717, 1.165) is 11.3 Å². The van der Waals surface area contributed by atoms with Crippen LogP contribution in [0, 0.1) is 17.7 Å². The Balaban J connectivity index is 1.39. The number of rotatable bonds is 9. The molecule has 2 saturated heterocycles. The molecule has 0 bridgehead atoms. The van der Waals surface area contributed by atoms with Crippen molar-refractivity contribution in [2.24, 2.45) is 0 Å². The number of fused-ring (bicyclic) bond motifs is 1.